The van der Waals surface area contributed by atoms with E-state index in [1.54, 1.807) is 12.1 Å². The van der Waals surface area contributed by atoms with Gasteiger partial charge >= 0.3 is 0 Å². The highest BCUT2D eigenvalue weighted by Crippen LogP contribution is 2.20. The topological polar surface area (TPSA) is 49.4 Å². The lowest BCUT2D eigenvalue weighted by Crippen LogP contribution is -2.29. The van der Waals surface area contributed by atoms with E-state index in [0.29, 0.717) is 10.6 Å². The van der Waals surface area contributed by atoms with Crippen molar-refractivity contribution in [1.82, 2.24) is 4.90 Å². The fourth-order valence-corrected chi connectivity index (χ4v) is 2.89. The van der Waals surface area contributed by atoms with Crippen LogP contribution in [0.1, 0.15) is 20.3 Å². The van der Waals surface area contributed by atoms with Crippen LogP contribution in [0.3, 0.4) is 0 Å². The first-order chi connectivity index (χ1) is 8.99. The Morgan fingerprint density at radius 2 is 1.84 bits per heavy atom. The van der Waals surface area contributed by atoms with Gasteiger partial charge in [0.05, 0.1) is 10.6 Å². The molecule has 0 amide bonds. The van der Waals surface area contributed by atoms with Gasteiger partial charge in [-0.15, -0.1) is 0 Å². The molecule has 0 fully saturated rings. The number of anilines is 1. The Hall–Kier alpha value is -1.07. The molecule has 0 heterocycles. The average molecular weight is 284 g/mol. The van der Waals surface area contributed by atoms with E-state index in [2.05, 4.69) is 24.1 Å². The van der Waals surface area contributed by atoms with Crippen LogP contribution in [0.4, 0.5) is 5.69 Å². The fraction of sp³-hybridized carbons (Fsp3) is 0.571. The summed E-state index contributed by atoms with van der Waals surface area (Å²) < 4.78 is 23.3. The van der Waals surface area contributed by atoms with E-state index in [1.807, 2.05) is 12.1 Å². The molecule has 0 spiro atoms. The highest BCUT2D eigenvalue weighted by Gasteiger charge is 2.12. The molecule has 0 aromatic heterocycles. The van der Waals surface area contributed by atoms with Crippen molar-refractivity contribution < 1.29 is 8.42 Å². The van der Waals surface area contributed by atoms with Gasteiger partial charge in [-0.25, -0.2) is 8.42 Å². The van der Waals surface area contributed by atoms with Gasteiger partial charge in [0.15, 0.2) is 9.84 Å². The number of nitrogens with zero attached hydrogens (tertiary/aromatic N) is 1. The quantitative estimate of drug-likeness (QED) is 0.795. The highest BCUT2D eigenvalue weighted by atomic mass is 32.2. The lowest BCUT2D eigenvalue weighted by Gasteiger charge is -2.20. The number of rotatable bonds is 8. The molecule has 1 N–H and O–H groups in total. The maximum absolute atomic E-state index is 11.7. The zero-order valence-corrected chi connectivity index (χ0v) is 12.8. The normalized spacial score (nSPS) is 11.8. The largest absolute Gasteiger partial charge is 0.383 e. The predicted molar refractivity (Wildman–Crippen MR) is 80.4 cm³/mol. The zero-order valence-electron chi connectivity index (χ0n) is 12.0. The molecule has 1 aromatic carbocycles. The minimum absolute atomic E-state index is 0.369. The minimum atomic E-state index is -3.18. The maximum Gasteiger partial charge on any atom is 0.177 e. The lowest BCUT2D eigenvalue weighted by molar-refractivity contribution is 0.300. The van der Waals surface area contributed by atoms with Crippen molar-refractivity contribution in [2.45, 2.75) is 25.2 Å². The van der Waals surface area contributed by atoms with Crippen molar-refractivity contribution >= 4 is 15.5 Å². The second-order valence-corrected chi connectivity index (χ2v) is 6.61. The molecule has 5 heteroatoms. The second-order valence-electron chi connectivity index (χ2n) is 4.63. The van der Waals surface area contributed by atoms with Crippen LogP contribution < -0.4 is 5.32 Å². The second kappa shape index (κ2) is 7.50. The van der Waals surface area contributed by atoms with Crippen molar-refractivity contribution in [3.8, 4) is 0 Å². The van der Waals surface area contributed by atoms with E-state index in [0.717, 1.165) is 32.6 Å². The van der Waals surface area contributed by atoms with Crippen LogP contribution in [-0.4, -0.2) is 45.8 Å². The summed E-state index contributed by atoms with van der Waals surface area (Å²) in [6, 6.07) is 7.05. The number of benzene rings is 1. The summed E-state index contributed by atoms with van der Waals surface area (Å²) in [6.07, 6.45) is 2.37. The van der Waals surface area contributed by atoms with Crippen molar-refractivity contribution in [3.05, 3.63) is 24.3 Å². The summed E-state index contributed by atoms with van der Waals surface area (Å²) in [6.45, 7) is 8.06. The third kappa shape index (κ3) is 5.20. The van der Waals surface area contributed by atoms with E-state index in [-0.39, 0.29) is 0 Å². The first-order valence-electron chi connectivity index (χ1n) is 6.74. The Labute approximate surface area is 116 Å². The molecule has 0 aliphatic rings. The van der Waals surface area contributed by atoms with Gasteiger partial charge in [0.25, 0.3) is 0 Å². The Balaban J connectivity index is 2.63. The molecule has 19 heavy (non-hydrogen) atoms. The SMILES string of the molecule is CCCN(CC)CCNc1ccccc1S(C)(=O)=O. The Bertz CT molecular complexity index is 486. The van der Waals surface area contributed by atoms with E-state index in [9.17, 15) is 8.42 Å². The van der Waals surface area contributed by atoms with Gasteiger partial charge in [0, 0.05) is 19.3 Å². The molecule has 0 unspecified atom stereocenters. The summed E-state index contributed by atoms with van der Waals surface area (Å²) >= 11 is 0. The third-order valence-corrected chi connectivity index (χ3v) is 4.17. The van der Waals surface area contributed by atoms with Crippen LogP contribution >= 0.6 is 0 Å². The standard InChI is InChI=1S/C14H24N2O2S/c1-4-11-16(5-2)12-10-15-13-8-6-7-9-14(13)19(3,17)18/h6-9,15H,4-5,10-12H2,1-3H3. The van der Waals surface area contributed by atoms with Crippen molar-refractivity contribution in [2.75, 3.05) is 37.8 Å². The summed E-state index contributed by atoms with van der Waals surface area (Å²) in [5.74, 6) is 0. The van der Waals surface area contributed by atoms with E-state index in [1.165, 1.54) is 6.26 Å². The van der Waals surface area contributed by atoms with E-state index < -0.39 is 9.84 Å². The number of sulfone groups is 1. The highest BCUT2D eigenvalue weighted by molar-refractivity contribution is 7.90. The van der Waals surface area contributed by atoms with Crippen molar-refractivity contribution in [1.29, 1.82) is 0 Å². The molecular weight excluding hydrogens is 260 g/mol. The minimum Gasteiger partial charge on any atom is -0.383 e. The van der Waals surface area contributed by atoms with E-state index >= 15 is 0 Å². The Morgan fingerprint density at radius 3 is 2.42 bits per heavy atom. The molecule has 108 valence electrons. The molecule has 0 bridgehead atoms. The molecule has 4 nitrogen and oxygen atoms in total. The molecule has 0 atom stereocenters. The first kappa shape index (κ1) is 16.0. The van der Waals surface area contributed by atoms with Gasteiger partial charge in [0.2, 0.25) is 0 Å². The van der Waals surface area contributed by atoms with Crippen LogP contribution in [0.2, 0.25) is 0 Å². The van der Waals surface area contributed by atoms with Crippen molar-refractivity contribution in [2.24, 2.45) is 0 Å². The number of nitrogens with one attached hydrogen (secondary N) is 1. The molecule has 0 saturated heterocycles. The molecule has 0 saturated carbocycles. The molecule has 1 aromatic rings. The van der Waals surface area contributed by atoms with Crippen LogP contribution in [0.25, 0.3) is 0 Å². The Kier molecular flexibility index (Phi) is 6.31. The smallest absolute Gasteiger partial charge is 0.177 e. The van der Waals surface area contributed by atoms with Gasteiger partial charge in [0.1, 0.15) is 0 Å². The number of para-hydroxylation sites is 1. The van der Waals surface area contributed by atoms with Gasteiger partial charge in [-0.3, -0.25) is 0 Å². The summed E-state index contributed by atoms with van der Waals surface area (Å²) in [5, 5.41) is 3.22. The van der Waals surface area contributed by atoms with Crippen LogP contribution in [0.5, 0.6) is 0 Å². The van der Waals surface area contributed by atoms with Crippen LogP contribution in [-0.2, 0) is 9.84 Å². The van der Waals surface area contributed by atoms with Gasteiger partial charge in [-0.2, -0.15) is 0 Å². The average Bonchev–Trinajstić information content (AvgIpc) is 2.37. The molecular formula is C14H24N2O2S. The zero-order chi connectivity index (χ0) is 14.3. The maximum atomic E-state index is 11.7. The van der Waals surface area contributed by atoms with Crippen LogP contribution in [0, 0.1) is 0 Å². The van der Waals surface area contributed by atoms with Crippen molar-refractivity contribution in [3.63, 3.8) is 0 Å². The summed E-state index contributed by atoms with van der Waals surface area (Å²) in [5.41, 5.74) is 0.692. The molecule has 0 aliphatic heterocycles. The van der Waals surface area contributed by atoms with Gasteiger partial charge < -0.3 is 10.2 Å². The van der Waals surface area contributed by atoms with E-state index in [4.69, 9.17) is 0 Å². The predicted octanol–water partition coefficient (Wildman–Crippen LogP) is 2.23. The third-order valence-electron chi connectivity index (χ3n) is 3.02. The van der Waals surface area contributed by atoms with Gasteiger partial charge in [-0.1, -0.05) is 26.0 Å². The summed E-state index contributed by atoms with van der Waals surface area (Å²) in [4.78, 5) is 2.71. The van der Waals surface area contributed by atoms with Gasteiger partial charge in [-0.05, 0) is 31.6 Å². The molecule has 0 radical (unpaired) electrons. The number of hydrogen-bond donors (Lipinski definition) is 1. The monoisotopic (exact) mass is 284 g/mol. The molecule has 1 rings (SSSR count). The molecule has 0 aliphatic carbocycles. The lowest BCUT2D eigenvalue weighted by atomic mass is 10.3. The number of hydrogen-bond acceptors (Lipinski definition) is 4. The van der Waals surface area contributed by atoms with Crippen LogP contribution in [0.15, 0.2) is 29.2 Å². The first-order valence-corrected chi connectivity index (χ1v) is 8.63. The summed E-state index contributed by atoms with van der Waals surface area (Å²) in [7, 11) is -3.18. The Morgan fingerprint density at radius 1 is 1.16 bits per heavy atom. The fourth-order valence-electron chi connectivity index (χ4n) is 2.03. The number of likely N-dealkylation sites (N-methyl/N-ethyl adjacent to an activating group) is 1.